The number of carbonyl (C=O) groups is 1. The summed E-state index contributed by atoms with van der Waals surface area (Å²) in [7, 11) is 0. The minimum Gasteiger partial charge on any atom is -0.489 e. The first-order valence-corrected chi connectivity index (χ1v) is 9.09. The molecule has 0 saturated heterocycles. The highest BCUT2D eigenvalue weighted by molar-refractivity contribution is 5.84. The maximum absolute atomic E-state index is 13.6. The van der Waals surface area contributed by atoms with Crippen molar-refractivity contribution in [3.63, 3.8) is 0 Å². The largest absolute Gasteiger partial charge is 0.489 e. The van der Waals surface area contributed by atoms with E-state index in [1.807, 2.05) is 30.3 Å². The maximum Gasteiger partial charge on any atom is 0.449 e. The molecule has 2 aromatic carbocycles. The number of hydrogen-bond acceptors (Lipinski definition) is 4. The van der Waals surface area contributed by atoms with Gasteiger partial charge in [-0.2, -0.15) is 13.2 Å². The van der Waals surface area contributed by atoms with Crippen molar-refractivity contribution in [2.75, 3.05) is 13.2 Å². The zero-order valence-electron chi connectivity index (χ0n) is 15.3. The van der Waals surface area contributed by atoms with Crippen LogP contribution in [0.3, 0.4) is 0 Å². The molecule has 1 aliphatic heterocycles. The molecule has 4 rings (SSSR count). The van der Waals surface area contributed by atoms with Gasteiger partial charge in [0.1, 0.15) is 6.54 Å². The minimum atomic E-state index is -4.71. The third-order valence-corrected chi connectivity index (χ3v) is 4.51. The summed E-state index contributed by atoms with van der Waals surface area (Å²) in [5.74, 6) is -0.996. The van der Waals surface area contributed by atoms with Gasteiger partial charge in [-0.3, -0.25) is 4.79 Å². The van der Waals surface area contributed by atoms with Crippen LogP contribution in [0.2, 0.25) is 0 Å². The number of ether oxygens (including phenoxy) is 2. The van der Waals surface area contributed by atoms with Gasteiger partial charge in [0.15, 0.2) is 11.5 Å². The molecule has 0 aliphatic carbocycles. The number of benzene rings is 2. The molecule has 2 heterocycles. The quantitative estimate of drug-likeness (QED) is 0.721. The fraction of sp³-hybridized carbons (Fsp3) is 0.300. The predicted octanol–water partition coefficient (Wildman–Crippen LogP) is 3.53. The Hall–Kier alpha value is -3.23. The Kier molecular flexibility index (Phi) is 5.04. The number of aromatic nitrogens is 2. The van der Waals surface area contributed by atoms with Crippen LogP contribution in [0.15, 0.2) is 42.5 Å². The van der Waals surface area contributed by atoms with Crippen LogP contribution in [-0.2, 0) is 24.1 Å². The van der Waals surface area contributed by atoms with Crippen LogP contribution in [0, 0.1) is 0 Å². The number of nitrogens with zero attached hydrogens (tertiary/aromatic N) is 2. The second-order valence-electron chi connectivity index (χ2n) is 6.62. The molecule has 0 saturated carbocycles. The van der Waals surface area contributed by atoms with E-state index in [0.717, 1.165) is 10.1 Å². The van der Waals surface area contributed by atoms with Gasteiger partial charge in [-0.15, -0.1) is 0 Å². The molecule has 0 spiro atoms. The average molecular weight is 405 g/mol. The summed E-state index contributed by atoms with van der Waals surface area (Å²) in [6, 6.07) is 12.0. The van der Waals surface area contributed by atoms with Crippen molar-refractivity contribution in [2.24, 2.45) is 0 Å². The minimum absolute atomic E-state index is 0.0948. The summed E-state index contributed by atoms with van der Waals surface area (Å²) in [5.41, 5.74) is 1.11. The second-order valence-corrected chi connectivity index (χ2v) is 6.62. The summed E-state index contributed by atoms with van der Waals surface area (Å²) >= 11 is 0. The van der Waals surface area contributed by atoms with Crippen LogP contribution in [0.1, 0.15) is 17.8 Å². The SMILES string of the molecule is O=C(Cn1c(C(F)(F)F)nc2cc3c(cc21)OCCCO3)NCc1ccccc1. The van der Waals surface area contributed by atoms with Crippen molar-refractivity contribution in [3.8, 4) is 11.5 Å². The highest BCUT2D eigenvalue weighted by Crippen LogP contribution is 2.37. The Morgan fingerprint density at radius 2 is 1.79 bits per heavy atom. The van der Waals surface area contributed by atoms with Crippen molar-refractivity contribution < 1.29 is 27.4 Å². The van der Waals surface area contributed by atoms with Crippen LogP contribution in [0.25, 0.3) is 11.0 Å². The van der Waals surface area contributed by atoms with E-state index >= 15 is 0 Å². The van der Waals surface area contributed by atoms with Crippen molar-refractivity contribution in [1.82, 2.24) is 14.9 Å². The number of hydrogen-bond donors (Lipinski definition) is 1. The number of alkyl halides is 3. The molecule has 6 nitrogen and oxygen atoms in total. The van der Waals surface area contributed by atoms with Gasteiger partial charge < -0.3 is 19.4 Å². The molecular weight excluding hydrogens is 387 g/mol. The van der Waals surface area contributed by atoms with Gasteiger partial charge in [0.2, 0.25) is 11.7 Å². The molecule has 152 valence electrons. The maximum atomic E-state index is 13.6. The standard InChI is InChI=1S/C20H18F3N3O3/c21-20(22,23)19-25-14-9-16-17(29-8-4-7-28-16)10-15(14)26(19)12-18(27)24-11-13-5-2-1-3-6-13/h1-3,5-6,9-10H,4,7-8,11-12H2,(H,24,27). The van der Waals surface area contributed by atoms with Crippen LogP contribution in [-0.4, -0.2) is 28.7 Å². The summed E-state index contributed by atoms with van der Waals surface area (Å²) in [5, 5.41) is 2.64. The number of rotatable bonds is 4. The monoisotopic (exact) mass is 405 g/mol. The van der Waals surface area contributed by atoms with E-state index in [0.29, 0.717) is 31.1 Å². The number of imidazole rings is 1. The Labute approximate surface area is 164 Å². The molecule has 3 aromatic rings. The fourth-order valence-electron chi connectivity index (χ4n) is 3.15. The average Bonchev–Trinajstić information content (AvgIpc) is 2.88. The number of nitrogens with one attached hydrogen (secondary N) is 1. The van der Waals surface area contributed by atoms with E-state index in [-0.39, 0.29) is 17.6 Å². The summed E-state index contributed by atoms with van der Waals surface area (Å²) < 4.78 is 52.6. The lowest BCUT2D eigenvalue weighted by Gasteiger charge is -2.12. The molecule has 0 unspecified atom stereocenters. The smallest absolute Gasteiger partial charge is 0.449 e. The Morgan fingerprint density at radius 3 is 2.48 bits per heavy atom. The highest BCUT2D eigenvalue weighted by Gasteiger charge is 2.38. The predicted molar refractivity (Wildman–Crippen MR) is 98.6 cm³/mol. The van der Waals surface area contributed by atoms with Gasteiger partial charge in [-0.25, -0.2) is 4.98 Å². The van der Waals surface area contributed by atoms with Crippen molar-refractivity contribution in [3.05, 3.63) is 53.9 Å². The van der Waals surface area contributed by atoms with E-state index in [4.69, 9.17) is 9.47 Å². The van der Waals surface area contributed by atoms with E-state index in [9.17, 15) is 18.0 Å². The third-order valence-electron chi connectivity index (χ3n) is 4.51. The first-order valence-electron chi connectivity index (χ1n) is 9.09. The van der Waals surface area contributed by atoms with Gasteiger partial charge >= 0.3 is 6.18 Å². The Morgan fingerprint density at radius 1 is 1.10 bits per heavy atom. The molecule has 1 aliphatic rings. The third kappa shape index (κ3) is 4.13. The summed E-state index contributed by atoms with van der Waals surface area (Å²) in [6.07, 6.45) is -4.04. The first-order chi connectivity index (χ1) is 13.9. The second kappa shape index (κ2) is 7.65. The van der Waals surface area contributed by atoms with E-state index in [1.54, 1.807) is 0 Å². The van der Waals surface area contributed by atoms with Crippen molar-refractivity contribution >= 4 is 16.9 Å². The highest BCUT2D eigenvalue weighted by atomic mass is 19.4. The summed E-state index contributed by atoms with van der Waals surface area (Å²) in [4.78, 5) is 16.1. The van der Waals surface area contributed by atoms with Crippen LogP contribution in [0.5, 0.6) is 11.5 Å². The Balaban J connectivity index is 1.65. The number of carbonyl (C=O) groups excluding carboxylic acids is 1. The molecule has 0 bridgehead atoms. The molecule has 29 heavy (non-hydrogen) atoms. The molecule has 1 aromatic heterocycles. The van der Waals surface area contributed by atoms with E-state index in [1.165, 1.54) is 12.1 Å². The Bertz CT molecular complexity index is 1030. The van der Waals surface area contributed by atoms with Gasteiger partial charge in [0, 0.05) is 25.1 Å². The molecular formula is C20H18F3N3O3. The van der Waals surface area contributed by atoms with Crippen molar-refractivity contribution in [1.29, 1.82) is 0 Å². The van der Waals surface area contributed by atoms with E-state index < -0.39 is 24.5 Å². The van der Waals surface area contributed by atoms with Gasteiger partial charge in [-0.1, -0.05) is 30.3 Å². The molecule has 0 atom stereocenters. The molecule has 1 amide bonds. The molecule has 1 N–H and O–H groups in total. The first kappa shape index (κ1) is 19.1. The lowest BCUT2D eigenvalue weighted by Crippen LogP contribution is -2.29. The topological polar surface area (TPSA) is 65.4 Å². The molecule has 9 heteroatoms. The van der Waals surface area contributed by atoms with Crippen LogP contribution < -0.4 is 14.8 Å². The number of halogens is 3. The number of fused-ring (bicyclic) bond motifs is 2. The fourth-order valence-corrected chi connectivity index (χ4v) is 3.15. The normalized spacial score (nSPS) is 13.9. The lowest BCUT2D eigenvalue weighted by molar-refractivity contribution is -0.147. The summed E-state index contributed by atoms with van der Waals surface area (Å²) in [6.45, 7) is 0.515. The van der Waals surface area contributed by atoms with Crippen molar-refractivity contribution in [2.45, 2.75) is 25.7 Å². The van der Waals surface area contributed by atoms with Gasteiger partial charge in [-0.05, 0) is 5.56 Å². The molecule has 0 fully saturated rings. The number of amides is 1. The van der Waals surface area contributed by atoms with E-state index in [2.05, 4.69) is 10.3 Å². The molecule has 0 radical (unpaired) electrons. The van der Waals surface area contributed by atoms with Gasteiger partial charge in [0.25, 0.3) is 0 Å². The van der Waals surface area contributed by atoms with Gasteiger partial charge in [0.05, 0.1) is 24.2 Å². The zero-order chi connectivity index (χ0) is 20.4. The lowest BCUT2D eigenvalue weighted by atomic mass is 10.2. The van der Waals surface area contributed by atoms with Crippen LogP contribution in [0.4, 0.5) is 13.2 Å². The zero-order valence-corrected chi connectivity index (χ0v) is 15.3. The van der Waals surface area contributed by atoms with Crippen LogP contribution >= 0.6 is 0 Å².